The van der Waals surface area contributed by atoms with Gasteiger partial charge >= 0.3 is 5.76 Å². The molecule has 29 heavy (non-hydrogen) atoms. The van der Waals surface area contributed by atoms with E-state index in [0.29, 0.717) is 30.3 Å². The van der Waals surface area contributed by atoms with Crippen LogP contribution in [-0.2, 0) is 15.6 Å². The smallest absolute Gasteiger partial charge is 0.316 e. The number of carbonyl (C=O) groups excluding carboxylic acids is 1. The van der Waals surface area contributed by atoms with Crippen molar-refractivity contribution in [3.05, 3.63) is 23.8 Å². The van der Waals surface area contributed by atoms with Gasteiger partial charge in [0.2, 0.25) is 5.91 Å². The number of aliphatic hydroxyl groups is 1. The van der Waals surface area contributed by atoms with Crippen LogP contribution < -0.4 is 4.74 Å². The number of rotatable bonds is 5. The molecule has 160 valence electrons. The summed E-state index contributed by atoms with van der Waals surface area (Å²) in [4.78, 5) is 16.7. The molecule has 2 heterocycles. The SMILES string of the molecule is CC1(C)Oc2ccc(S(=O)C(F)F)cc2[C@H](N2CCN(CC3CC3)CC2=O)[C@H]1O. The summed E-state index contributed by atoms with van der Waals surface area (Å²) in [5.41, 5.74) is -0.542. The molecule has 0 radical (unpaired) electrons. The van der Waals surface area contributed by atoms with Gasteiger partial charge < -0.3 is 14.7 Å². The van der Waals surface area contributed by atoms with Gasteiger partial charge in [-0.05, 0) is 50.8 Å². The first kappa shape index (κ1) is 20.7. The van der Waals surface area contributed by atoms with E-state index in [1.54, 1.807) is 18.7 Å². The molecule has 3 aliphatic rings. The van der Waals surface area contributed by atoms with Gasteiger partial charge in [-0.25, -0.2) is 4.21 Å². The Bertz CT molecular complexity index is 831. The molecule has 1 aromatic rings. The summed E-state index contributed by atoms with van der Waals surface area (Å²) in [5, 5.41) is 11.0. The van der Waals surface area contributed by atoms with E-state index in [1.807, 2.05) is 0 Å². The average Bonchev–Trinajstić information content (AvgIpc) is 3.47. The Morgan fingerprint density at radius 1 is 1.31 bits per heavy atom. The van der Waals surface area contributed by atoms with Crippen LogP contribution >= 0.6 is 0 Å². The van der Waals surface area contributed by atoms with Gasteiger partial charge in [0.25, 0.3) is 0 Å². The first-order valence-electron chi connectivity index (χ1n) is 9.89. The Morgan fingerprint density at radius 2 is 2.03 bits per heavy atom. The van der Waals surface area contributed by atoms with Gasteiger partial charge in [-0.15, -0.1) is 0 Å². The number of aliphatic hydroxyl groups excluding tert-OH is 1. The number of fused-ring (bicyclic) bond motifs is 1. The van der Waals surface area contributed by atoms with E-state index >= 15 is 0 Å². The molecule has 0 spiro atoms. The minimum atomic E-state index is -3.01. The summed E-state index contributed by atoms with van der Waals surface area (Å²) in [5.74, 6) is -2.03. The van der Waals surface area contributed by atoms with Crippen molar-refractivity contribution >= 4 is 16.7 Å². The van der Waals surface area contributed by atoms with Crippen LogP contribution in [0, 0.1) is 5.92 Å². The minimum Gasteiger partial charge on any atom is -0.485 e. The van der Waals surface area contributed by atoms with Gasteiger partial charge in [0.05, 0.1) is 12.6 Å². The number of nitrogens with zero attached hydrogens (tertiary/aromatic N) is 2. The number of piperazine rings is 1. The van der Waals surface area contributed by atoms with Crippen LogP contribution in [0.1, 0.15) is 38.3 Å². The molecule has 0 bridgehead atoms. The molecule has 4 rings (SSSR count). The summed E-state index contributed by atoms with van der Waals surface area (Å²) in [6.45, 7) is 5.78. The molecule has 1 saturated carbocycles. The molecule has 1 aliphatic carbocycles. The van der Waals surface area contributed by atoms with Crippen LogP contribution in [0.4, 0.5) is 8.78 Å². The van der Waals surface area contributed by atoms with Gasteiger partial charge in [-0.3, -0.25) is 9.69 Å². The number of halogens is 2. The molecule has 6 nitrogen and oxygen atoms in total. The lowest BCUT2D eigenvalue weighted by molar-refractivity contribution is -0.150. The van der Waals surface area contributed by atoms with Crippen molar-refractivity contribution in [2.75, 3.05) is 26.2 Å². The van der Waals surface area contributed by atoms with Crippen LogP contribution in [-0.4, -0.2) is 68.7 Å². The fourth-order valence-electron chi connectivity index (χ4n) is 4.16. The summed E-state index contributed by atoms with van der Waals surface area (Å²) >= 11 is 0. The molecule has 0 aromatic heterocycles. The lowest BCUT2D eigenvalue weighted by Gasteiger charge is -2.48. The van der Waals surface area contributed by atoms with E-state index in [-0.39, 0.29) is 17.3 Å². The van der Waals surface area contributed by atoms with Gasteiger partial charge in [0.1, 0.15) is 28.3 Å². The maximum absolute atomic E-state index is 13.0. The zero-order valence-electron chi connectivity index (χ0n) is 16.5. The van der Waals surface area contributed by atoms with Gasteiger partial charge in [-0.1, -0.05) is 0 Å². The van der Waals surface area contributed by atoms with Crippen LogP contribution in [0.5, 0.6) is 5.75 Å². The summed E-state index contributed by atoms with van der Waals surface area (Å²) in [6.07, 6.45) is 1.36. The van der Waals surface area contributed by atoms with E-state index in [2.05, 4.69) is 4.90 Å². The zero-order valence-corrected chi connectivity index (χ0v) is 17.3. The number of alkyl halides is 2. The number of hydrogen-bond acceptors (Lipinski definition) is 5. The van der Waals surface area contributed by atoms with Crippen molar-refractivity contribution in [3.8, 4) is 5.75 Å². The third kappa shape index (κ3) is 4.04. The largest absolute Gasteiger partial charge is 0.485 e. The van der Waals surface area contributed by atoms with E-state index in [1.165, 1.54) is 31.0 Å². The van der Waals surface area contributed by atoms with E-state index < -0.39 is 34.3 Å². The molecule has 1 amide bonds. The van der Waals surface area contributed by atoms with Crippen LogP contribution in [0.15, 0.2) is 23.1 Å². The standard InChI is InChI=1S/C20H26F2N2O4S/c1-20(2)18(26)17(24-8-7-23(11-16(24)25)10-12-3-4-12)14-9-13(29(27)19(21)22)5-6-15(14)28-20/h5-6,9,12,17-19,26H,3-4,7-8,10-11H2,1-2H3/t17-,18+,29?/m0/s1. The van der Waals surface area contributed by atoms with Crippen LogP contribution in [0.3, 0.4) is 0 Å². The summed E-state index contributed by atoms with van der Waals surface area (Å²) in [7, 11) is -2.48. The highest BCUT2D eigenvalue weighted by Crippen LogP contribution is 2.44. The number of benzene rings is 1. The third-order valence-corrected chi connectivity index (χ3v) is 7.01. The van der Waals surface area contributed by atoms with Crippen LogP contribution in [0.25, 0.3) is 0 Å². The molecular weight excluding hydrogens is 402 g/mol. The normalized spacial score (nSPS) is 28.2. The quantitative estimate of drug-likeness (QED) is 0.778. The Labute approximate surface area is 171 Å². The lowest BCUT2D eigenvalue weighted by Crippen LogP contribution is -2.59. The molecule has 2 aliphatic heterocycles. The first-order valence-corrected chi connectivity index (χ1v) is 11.1. The van der Waals surface area contributed by atoms with Gasteiger partial charge in [-0.2, -0.15) is 8.78 Å². The molecule has 1 N–H and O–H groups in total. The molecule has 2 fully saturated rings. The zero-order chi connectivity index (χ0) is 20.9. The molecule has 1 unspecified atom stereocenters. The van der Waals surface area contributed by atoms with Gasteiger partial charge in [0, 0.05) is 30.1 Å². The predicted molar refractivity (Wildman–Crippen MR) is 103 cm³/mol. The second kappa shape index (κ2) is 7.59. The lowest BCUT2D eigenvalue weighted by atomic mass is 9.85. The van der Waals surface area contributed by atoms with E-state index in [9.17, 15) is 22.9 Å². The second-order valence-electron chi connectivity index (χ2n) is 8.62. The van der Waals surface area contributed by atoms with Crippen molar-refractivity contribution < 1.29 is 27.6 Å². The number of ether oxygens (including phenoxy) is 1. The highest BCUT2D eigenvalue weighted by atomic mass is 32.2. The fourth-order valence-corrected chi connectivity index (χ4v) is 4.81. The molecular formula is C20H26F2N2O4S. The maximum atomic E-state index is 13.0. The first-order chi connectivity index (χ1) is 13.7. The third-order valence-electron chi connectivity index (χ3n) is 5.96. The van der Waals surface area contributed by atoms with E-state index in [4.69, 9.17) is 4.74 Å². The van der Waals surface area contributed by atoms with Crippen molar-refractivity contribution in [2.24, 2.45) is 5.92 Å². The van der Waals surface area contributed by atoms with Crippen molar-refractivity contribution in [1.82, 2.24) is 9.80 Å². The van der Waals surface area contributed by atoms with Crippen molar-refractivity contribution in [3.63, 3.8) is 0 Å². The Kier molecular flexibility index (Phi) is 5.41. The second-order valence-corrected chi connectivity index (χ2v) is 10.0. The summed E-state index contributed by atoms with van der Waals surface area (Å²) in [6, 6.07) is 3.49. The Balaban J connectivity index is 1.65. The van der Waals surface area contributed by atoms with Crippen LogP contribution in [0.2, 0.25) is 0 Å². The molecule has 9 heteroatoms. The van der Waals surface area contributed by atoms with Crippen molar-refractivity contribution in [1.29, 1.82) is 0 Å². The monoisotopic (exact) mass is 428 g/mol. The predicted octanol–water partition coefficient (Wildman–Crippen LogP) is 2.14. The van der Waals surface area contributed by atoms with Crippen molar-refractivity contribution in [2.45, 2.75) is 55.1 Å². The average molecular weight is 429 g/mol. The molecule has 1 aromatic carbocycles. The highest BCUT2D eigenvalue weighted by molar-refractivity contribution is 7.85. The van der Waals surface area contributed by atoms with E-state index in [0.717, 1.165) is 6.54 Å². The minimum absolute atomic E-state index is 0.0425. The number of carbonyl (C=O) groups is 1. The number of amides is 1. The summed E-state index contributed by atoms with van der Waals surface area (Å²) < 4.78 is 43.7. The topological polar surface area (TPSA) is 70.1 Å². The maximum Gasteiger partial charge on any atom is 0.316 e. The fraction of sp³-hybridized carbons (Fsp3) is 0.650. The van der Waals surface area contributed by atoms with Gasteiger partial charge in [0.15, 0.2) is 0 Å². The highest BCUT2D eigenvalue weighted by Gasteiger charge is 2.48. The number of hydrogen-bond donors (Lipinski definition) is 1. The molecule has 1 saturated heterocycles. The Morgan fingerprint density at radius 3 is 2.66 bits per heavy atom. The molecule has 3 atom stereocenters. The Hall–Kier alpha value is -1.58.